The molecule has 1 N–H and O–H groups in total. The molecule has 0 aromatic heterocycles. The summed E-state index contributed by atoms with van der Waals surface area (Å²) in [5, 5.41) is 9.11. The molecular weight excluding hydrogens is 268 g/mol. The third-order valence-corrected chi connectivity index (χ3v) is 5.03. The zero-order valence-electron chi connectivity index (χ0n) is 14.5. The SMILES string of the molecule is CC1=C(C=Cc2cccc(C(C)CCO)c2)C(C)(C)CCC1. The summed E-state index contributed by atoms with van der Waals surface area (Å²) >= 11 is 0. The quantitative estimate of drug-likeness (QED) is 0.738. The Hall–Kier alpha value is -1.34. The number of aliphatic hydroxyl groups excluding tert-OH is 1. The van der Waals surface area contributed by atoms with Gasteiger partial charge in [0.25, 0.3) is 0 Å². The van der Waals surface area contributed by atoms with Crippen molar-refractivity contribution in [3.05, 3.63) is 52.6 Å². The smallest absolute Gasteiger partial charge is 0.0436 e. The van der Waals surface area contributed by atoms with Gasteiger partial charge in [0, 0.05) is 6.61 Å². The highest BCUT2D eigenvalue weighted by Crippen LogP contribution is 2.41. The highest BCUT2D eigenvalue weighted by molar-refractivity contribution is 5.55. The molecule has 1 nitrogen and oxygen atoms in total. The molecule has 1 atom stereocenters. The first kappa shape index (κ1) is 17.0. The van der Waals surface area contributed by atoms with Crippen molar-refractivity contribution in [2.75, 3.05) is 6.61 Å². The Labute approximate surface area is 135 Å². The number of aliphatic hydroxyl groups is 1. The highest BCUT2D eigenvalue weighted by Gasteiger charge is 2.26. The summed E-state index contributed by atoms with van der Waals surface area (Å²) < 4.78 is 0. The van der Waals surface area contributed by atoms with Gasteiger partial charge in [-0.25, -0.2) is 0 Å². The predicted molar refractivity (Wildman–Crippen MR) is 95.9 cm³/mol. The Kier molecular flexibility index (Phi) is 5.63. The maximum Gasteiger partial charge on any atom is 0.0436 e. The fourth-order valence-electron chi connectivity index (χ4n) is 3.52. The zero-order valence-corrected chi connectivity index (χ0v) is 14.5. The van der Waals surface area contributed by atoms with Gasteiger partial charge in [-0.2, -0.15) is 0 Å². The van der Waals surface area contributed by atoms with Crippen LogP contribution < -0.4 is 0 Å². The van der Waals surface area contributed by atoms with Crippen molar-refractivity contribution < 1.29 is 5.11 Å². The molecule has 0 saturated carbocycles. The van der Waals surface area contributed by atoms with Crippen LogP contribution in [-0.4, -0.2) is 11.7 Å². The fraction of sp³-hybridized carbons (Fsp3) is 0.524. The van der Waals surface area contributed by atoms with Gasteiger partial charge < -0.3 is 5.11 Å². The van der Waals surface area contributed by atoms with Gasteiger partial charge >= 0.3 is 0 Å². The average molecular weight is 298 g/mol. The van der Waals surface area contributed by atoms with Crippen LogP contribution in [0.2, 0.25) is 0 Å². The molecule has 1 aliphatic carbocycles. The van der Waals surface area contributed by atoms with E-state index in [1.54, 1.807) is 0 Å². The zero-order chi connectivity index (χ0) is 16.2. The summed E-state index contributed by atoms with van der Waals surface area (Å²) in [5.74, 6) is 0.408. The van der Waals surface area contributed by atoms with Crippen LogP contribution in [0.1, 0.15) is 70.4 Å². The van der Waals surface area contributed by atoms with Gasteiger partial charge in [-0.3, -0.25) is 0 Å². The van der Waals surface area contributed by atoms with Gasteiger partial charge in [0.05, 0.1) is 0 Å². The minimum atomic E-state index is 0.251. The topological polar surface area (TPSA) is 20.2 Å². The van der Waals surface area contributed by atoms with E-state index in [1.807, 2.05) is 0 Å². The van der Waals surface area contributed by atoms with Gasteiger partial charge in [0.1, 0.15) is 0 Å². The molecule has 0 bridgehead atoms. The first-order chi connectivity index (χ1) is 10.4. The summed E-state index contributed by atoms with van der Waals surface area (Å²) in [6.45, 7) is 9.42. The molecule has 0 fully saturated rings. The second kappa shape index (κ2) is 7.28. The molecule has 120 valence electrons. The van der Waals surface area contributed by atoms with E-state index >= 15 is 0 Å². The summed E-state index contributed by atoms with van der Waals surface area (Å²) in [6, 6.07) is 8.70. The molecule has 0 spiro atoms. The van der Waals surface area contributed by atoms with Crippen LogP contribution in [0, 0.1) is 5.41 Å². The van der Waals surface area contributed by atoms with Crippen molar-refractivity contribution in [2.24, 2.45) is 5.41 Å². The van der Waals surface area contributed by atoms with Crippen molar-refractivity contribution >= 4 is 6.08 Å². The van der Waals surface area contributed by atoms with E-state index < -0.39 is 0 Å². The largest absolute Gasteiger partial charge is 0.396 e. The van der Waals surface area contributed by atoms with E-state index in [4.69, 9.17) is 5.11 Å². The van der Waals surface area contributed by atoms with Crippen molar-refractivity contribution in [1.82, 2.24) is 0 Å². The molecule has 1 heteroatoms. The van der Waals surface area contributed by atoms with Crippen molar-refractivity contribution in [3.63, 3.8) is 0 Å². The lowest BCUT2D eigenvalue weighted by Crippen LogP contribution is -2.18. The van der Waals surface area contributed by atoms with Gasteiger partial charge in [-0.05, 0) is 60.6 Å². The predicted octanol–water partition coefficient (Wildman–Crippen LogP) is 5.71. The molecule has 1 aliphatic rings. The molecule has 0 amide bonds. The van der Waals surface area contributed by atoms with Crippen molar-refractivity contribution in [2.45, 2.75) is 59.3 Å². The summed E-state index contributed by atoms with van der Waals surface area (Å²) in [5.41, 5.74) is 5.90. The van der Waals surface area contributed by atoms with Crippen LogP contribution in [0.4, 0.5) is 0 Å². The first-order valence-electron chi connectivity index (χ1n) is 8.53. The molecule has 2 rings (SSSR count). The van der Waals surface area contributed by atoms with E-state index in [0.717, 1.165) is 6.42 Å². The van der Waals surface area contributed by atoms with Crippen LogP contribution in [0.5, 0.6) is 0 Å². The Bertz CT molecular complexity index is 563. The normalized spacial score (nSPS) is 19.7. The number of hydrogen-bond acceptors (Lipinski definition) is 1. The summed E-state index contributed by atoms with van der Waals surface area (Å²) in [6.07, 6.45) is 9.22. The van der Waals surface area contributed by atoms with E-state index in [2.05, 4.69) is 64.1 Å². The molecule has 22 heavy (non-hydrogen) atoms. The minimum absolute atomic E-state index is 0.251. The molecular formula is C21H30O. The molecule has 0 saturated heterocycles. The third-order valence-electron chi connectivity index (χ3n) is 5.03. The second-order valence-corrected chi connectivity index (χ2v) is 7.35. The molecule has 0 aliphatic heterocycles. The highest BCUT2D eigenvalue weighted by atomic mass is 16.3. The molecule has 1 aromatic rings. The van der Waals surface area contributed by atoms with Crippen LogP contribution in [0.3, 0.4) is 0 Å². The number of rotatable bonds is 5. The molecule has 1 aromatic carbocycles. The fourth-order valence-corrected chi connectivity index (χ4v) is 3.52. The maximum atomic E-state index is 9.11. The Balaban J connectivity index is 2.21. The number of benzene rings is 1. The van der Waals surface area contributed by atoms with Gasteiger partial charge in [-0.15, -0.1) is 0 Å². The first-order valence-corrected chi connectivity index (χ1v) is 8.53. The van der Waals surface area contributed by atoms with Crippen molar-refractivity contribution in [1.29, 1.82) is 0 Å². The van der Waals surface area contributed by atoms with E-state index in [-0.39, 0.29) is 6.61 Å². The summed E-state index contributed by atoms with van der Waals surface area (Å²) in [4.78, 5) is 0. The molecule has 0 radical (unpaired) electrons. The number of allylic oxidation sites excluding steroid dienone is 3. The van der Waals surface area contributed by atoms with Gasteiger partial charge in [0.15, 0.2) is 0 Å². The lowest BCUT2D eigenvalue weighted by molar-refractivity contribution is 0.278. The molecule has 1 unspecified atom stereocenters. The second-order valence-electron chi connectivity index (χ2n) is 7.35. The summed E-state index contributed by atoms with van der Waals surface area (Å²) in [7, 11) is 0. The number of hydrogen-bond donors (Lipinski definition) is 1. The Morgan fingerprint density at radius 2 is 2.05 bits per heavy atom. The minimum Gasteiger partial charge on any atom is -0.396 e. The van der Waals surface area contributed by atoms with Crippen LogP contribution >= 0.6 is 0 Å². The lowest BCUT2D eigenvalue weighted by Gasteiger charge is -2.32. The standard InChI is InChI=1S/C21H30O/c1-16(12-14-22)19-9-5-8-18(15-19)10-11-20-17(2)7-6-13-21(20,3)4/h5,8-11,15-16,22H,6-7,12-14H2,1-4H3. The average Bonchev–Trinajstić information content (AvgIpc) is 2.46. The van der Waals surface area contributed by atoms with Crippen LogP contribution in [-0.2, 0) is 0 Å². The van der Waals surface area contributed by atoms with Gasteiger partial charge in [-0.1, -0.05) is 62.8 Å². The monoisotopic (exact) mass is 298 g/mol. The van der Waals surface area contributed by atoms with E-state index in [0.29, 0.717) is 11.3 Å². The van der Waals surface area contributed by atoms with Gasteiger partial charge in [0.2, 0.25) is 0 Å². The maximum absolute atomic E-state index is 9.11. The lowest BCUT2D eigenvalue weighted by atomic mass is 9.72. The third kappa shape index (κ3) is 4.10. The van der Waals surface area contributed by atoms with Crippen molar-refractivity contribution in [3.8, 4) is 0 Å². The Morgan fingerprint density at radius 1 is 1.27 bits per heavy atom. The molecule has 0 heterocycles. The van der Waals surface area contributed by atoms with E-state index in [1.165, 1.54) is 41.5 Å². The Morgan fingerprint density at radius 3 is 2.73 bits per heavy atom. The van der Waals surface area contributed by atoms with Crippen LogP contribution in [0.15, 0.2) is 41.5 Å². The van der Waals surface area contributed by atoms with E-state index in [9.17, 15) is 0 Å². The van der Waals surface area contributed by atoms with Crippen LogP contribution in [0.25, 0.3) is 6.08 Å².